The van der Waals surface area contributed by atoms with Gasteiger partial charge in [-0.25, -0.2) is 4.79 Å². The Hall–Kier alpha value is -3.35. The van der Waals surface area contributed by atoms with Gasteiger partial charge in [-0.1, -0.05) is 61.9 Å². The average Bonchev–Trinajstić information content (AvgIpc) is 3.10. The summed E-state index contributed by atoms with van der Waals surface area (Å²) in [5, 5.41) is 14.7. The fraction of sp³-hybridized carbons (Fsp3) is 0.444. The van der Waals surface area contributed by atoms with Crippen molar-refractivity contribution < 1.29 is 24.2 Å². The Morgan fingerprint density at radius 1 is 1.03 bits per heavy atom. The number of carbonyl (C=O) groups is 3. The van der Waals surface area contributed by atoms with Gasteiger partial charge in [0, 0.05) is 23.9 Å². The van der Waals surface area contributed by atoms with E-state index in [1.165, 1.54) is 11.1 Å². The molecule has 0 bridgehead atoms. The topological polar surface area (TPSA) is 105 Å². The summed E-state index contributed by atoms with van der Waals surface area (Å²) in [6, 6.07) is 15.9. The van der Waals surface area contributed by atoms with Crippen LogP contribution >= 0.6 is 0 Å². The number of fused-ring (bicyclic) bond motifs is 3. The van der Waals surface area contributed by atoms with Crippen molar-refractivity contribution in [2.45, 2.75) is 70.4 Å². The molecule has 0 spiro atoms. The first-order valence-electron chi connectivity index (χ1n) is 11.8. The minimum Gasteiger partial charge on any atom is -0.481 e. The van der Waals surface area contributed by atoms with Crippen LogP contribution in [0.5, 0.6) is 0 Å². The Labute approximate surface area is 200 Å². The van der Waals surface area contributed by atoms with Crippen molar-refractivity contribution in [3.63, 3.8) is 0 Å². The summed E-state index contributed by atoms with van der Waals surface area (Å²) < 4.78 is 5.61. The third-order valence-electron chi connectivity index (χ3n) is 6.18. The lowest BCUT2D eigenvalue weighted by atomic mass is 9.97. The van der Waals surface area contributed by atoms with Crippen molar-refractivity contribution in [1.82, 2.24) is 10.6 Å². The summed E-state index contributed by atoms with van der Waals surface area (Å²) in [6.45, 7) is 5.84. The number of ether oxygens (including phenoxy) is 1. The number of hydrogen-bond donors (Lipinski definition) is 3. The number of hydrogen-bond acceptors (Lipinski definition) is 4. The molecule has 3 N–H and O–H groups in total. The van der Waals surface area contributed by atoms with E-state index < -0.39 is 17.6 Å². The first kappa shape index (κ1) is 25.3. The summed E-state index contributed by atoms with van der Waals surface area (Å²) in [5.41, 5.74) is 3.98. The molecule has 1 aliphatic rings. The van der Waals surface area contributed by atoms with E-state index in [4.69, 9.17) is 9.84 Å². The molecule has 182 valence electrons. The summed E-state index contributed by atoms with van der Waals surface area (Å²) in [6.07, 6.45) is 1.35. The van der Waals surface area contributed by atoms with Crippen molar-refractivity contribution in [3.8, 4) is 11.1 Å². The molecule has 0 saturated carbocycles. The fourth-order valence-electron chi connectivity index (χ4n) is 4.48. The Bertz CT molecular complexity index is 988. The number of benzene rings is 2. The number of aliphatic carboxylic acids is 1. The van der Waals surface area contributed by atoms with E-state index >= 15 is 0 Å². The average molecular weight is 467 g/mol. The van der Waals surface area contributed by atoms with Crippen molar-refractivity contribution in [2.24, 2.45) is 0 Å². The molecule has 0 aromatic heterocycles. The SMILES string of the molecule is CCC[C@@H](CC(=O)O)NC(=O)CCC(C)(C)NC(=O)OCC1c2ccccc2-c2ccccc21. The normalized spacial score (nSPS) is 13.5. The van der Waals surface area contributed by atoms with E-state index in [0.717, 1.165) is 17.5 Å². The van der Waals surface area contributed by atoms with Gasteiger partial charge in [-0.05, 0) is 48.9 Å². The molecule has 0 aliphatic heterocycles. The largest absolute Gasteiger partial charge is 0.481 e. The second kappa shape index (κ2) is 11.2. The number of alkyl carbamates (subject to hydrolysis) is 1. The zero-order valence-electron chi connectivity index (χ0n) is 20.1. The van der Waals surface area contributed by atoms with Crippen LogP contribution in [-0.2, 0) is 14.3 Å². The van der Waals surface area contributed by atoms with E-state index in [-0.39, 0.29) is 37.3 Å². The van der Waals surface area contributed by atoms with Gasteiger partial charge in [0.1, 0.15) is 6.61 Å². The van der Waals surface area contributed by atoms with E-state index in [2.05, 4.69) is 34.9 Å². The molecule has 34 heavy (non-hydrogen) atoms. The van der Waals surface area contributed by atoms with Gasteiger partial charge in [0.25, 0.3) is 0 Å². The zero-order chi connectivity index (χ0) is 24.7. The first-order chi connectivity index (χ1) is 16.2. The maximum Gasteiger partial charge on any atom is 0.407 e. The molecule has 0 fully saturated rings. The minimum absolute atomic E-state index is 0.0169. The van der Waals surface area contributed by atoms with Crippen molar-refractivity contribution >= 4 is 18.0 Å². The van der Waals surface area contributed by atoms with Crippen LogP contribution in [0.1, 0.15) is 69.9 Å². The van der Waals surface area contributed by atoms with Crippen LogP contribution in [0.2, 0.25) is 0 Å². The van der Waals surface area contributed by atoms with E-state index in [9.17, 15) is 14.4 Å². The monoisotopic (exact) mass is 466 g/mol. The lowest BCUT2D eigenvalue weighted by molar-refractivity contribution is -0.137. The molecule has 0 saturated heterocycles. The molecule has 2 amide bonds. The van der Waals surface area contributed by atoms with Crippen molar-refractivity contribution in [1.29, 1.82) is 0 Å². The van der Waals surface area contributed by atoms with Crippen molar-refractivity contribution in [3.05, 3.63) is 59.7 Å². The maximum absolute atomic E-state index is 12.6. The van der Waals surface area contributed by atoms with Gasteiger partial charge < -0.3 is 20.5 Å². The van der Waals surface area contributed by atoms with Crippen LogP contribution in [-0.4, -0.2) is 41.3 Å². The van der Waals surface area contributed by atoms with Gasteiger partial charge in [0.05, 0.1) is 6.42 Å². The molecule has 0 heterocycles. The Morgan fingerprint density at radius 2 is 1.62 bits per heavy atom. The Morgan fingerprint density at radius 3 is 2.18 bits per heavy atom. The number of carbonyl (C=O) groups excluding carboxylic acids is 2. The molecule has 1 atom stereocenters. The molecular formula is C27H34N2O5. The van der Waals surface area contributed by atoms with Gasteiger partial charge in [-0.3, -0.25) is 9.59 Å². The summed E-state index contributed by atoms with van der Waals surface area (Å²) in [5.74, 6) is -1.17. The molecular weight excluding hydrogens is 432 g/mol. The highest BCUT2D eigenvalue weighted by atomic mass is 16.5. The lowest BCUT2D eigenvalue weighted by Gasteiger charge is -2.26. The molecule has 2 aromatic carbocycles. The van der Waals surface area contributed by atoms with Crippen LogP contribution < -0.4 is 10.6 Å². The Kier molecular flexibility index (Phi) is 8.31. The van der Waals surface area contributed by atoms with Gasteiger partial charge >= 0.3 is 12.1 Å². The van der Waals surface area contributed by atoms with Crippen LogP contribution in [0.3, 0.4) is 0 Å². The predicted molar refractivity (Wildman–Crippen MR) is 131 cm³/mol. The lowest BCUT2D eigenvalue weighted by Crippen LogP contribution is -2.45. The van der Waals surface area contributed by atoms with E-state index in [1.807, 2.05) is 45.0 Å². The fourth-order valence-corrected chi connectivity index (χ4v) is 4.48. The zero-order valence-corrected chi connectivity index (χ0v) is 20.1. The third kappa shape index (κ3) is 6.59. The molecule has 2 aromatic rings. The number of nitrogens with one attached hydrogen (secondary N) is 2. The van der Waals surface area contributed by atoms with Crippen LogP contribution in [0.15, 0.2) is 48.5 Å². The van der Waals surface area contributed by atoms with Crippen LogP contribution in [0, 0.1) is 0 Å². The molecule has 0 radical (unpaired) electrons. The number of carboxylic acid groups (broad SMARTS) is 1. The van der Waals surface area contributed by atoms with E-state index in [0.29, 0.717) is 12.8 Å². The Balaban J connectivity index is 1.51. The van der Waals surface area contributed by atoms with E-state index in [1.54, 1.807) is 0 Å². The van der Waals surface area contributed by atoms with Gasteiger partial charge in [0.2, 0.25) is 5.91 Å². The summed E-state index contributed by atoms with van der Waals surface area (Å²) in [4.78, 5) is 35.9. The standard InChI is InChI=1S/C27H34N2O5/c1-4-9-18(16-25(31)32)28-24(30)14-15-27(2,3)29-26(33)34-17-23-21-12-7-5-10-19(21)20-11-6-8-13-22(20)23/h5-8,10-13,18,23H,4,9,14-17H2,1-3H3,(H,28,30)(H,29,33)(H,31,32)/t18-/m0/s1. The highest BCUT2D eigenvalue weighted by Crippen LogP contribution is 2.44. The number of amides is 2. The number of rotatable bonds is 11. The van der Waals surface area contributed by atoms with Gasteiger partial charge in [-0.2, -0.15) is 0 Å². The number of carboxylic acids is 1. The second-order valence-electron chi connectivity index (χ2n) is 9.49. The third-order valence-corrected chi connectivity index (χ3v) is 6.18. The van der Waals surface area contributed by atoms with Gasteiger partial charge in [0.15, 0.2) is 0 Å². The van der Waals surface area contributed by atoms with Crippen LogP contribution in [0.4, 0.5) is 4.79 Å². The maximum atomic E-state index is 12.6. The highest BCUT2D eigenvalue weighted by molar-refractivity contribution is 5.79. The van der Waals surface area contributed by atoms with Crippen LogP contribution in [0.25, 0.3) is 11.1 Å². The first-order valence-corrected chi connectivity index (χ1v) is 11.8. The second-order valence-corrected chi connectivity index (χ2v) is 9.49. The highest BCUT2D eigenvalue weighted by Gasteiger charge is 2.30. The molecule has 1 aliphatic carbocycles. The predicted octanol–water partition coefficient (Wildman–Crippen LogP) is 4.84. The van der Waals surface area contributed by atoms with Gasteiger partial charge in [-0.15, -0.1) is 0 Å². The molecule has 3 rings (SSSR count). The molecule has 0 unspecified atom stereocenters. The van der Waals surface area contributed by atoms with Crippen molar-refractivity contribution in [2.75, 3.05) is 6.61 Å². The quantitative estimate of drug-likeness (QED) is 0.439. The minimum atomic E-state index is -0.934. The summed E-state index contributed by atoms with van der Waals surface area (Å²) in [7, 11) is 0. The molecule has 7 nitrogen and oxygen atoms in total. The summed E-state index contributed by atoms with van der Waals surface area (Å²) >= 11 is 0. The molecule has 7 heteroatoms. The smallest absolute Gasteiger partial charge is 0.407 e.